The summed E-state index contributed by atoms with van der Waals surface area (Å²) in [5.41, 5.74) is 2.13. The Morgan fingerprint density at radius 1 is 1.20 bits per heavy atom. The van der Waals surface area contributed by atoms with Crippen molar-refractivity contribution in [2.24, 2.45) is 0 Å². The molecule has 4 nitrogen and oxygen atoms in total. The number of aromatic hydroxyl groups is 1. The van der Waals surface area contributed by atoms with Crippen LogP contribution in [-0.2, 0) is 11.3 Å². The van der Waals surface area contributed by atoms with E-state index in [4.69, 9.17) is 9.47 Å². The molecule has 20 heavy (non-hydrogen) atoms. The number of methoxy groups -OCH3 is 1. The first-order chi connectivity index (χ1) is 9.60. The fourth-order valence-electron chi connectivity index (χ4n) is 1.84. The van der Waals surface area contributed by atoms with Gasteiger partial charge in [-0.25, -0.2) is 4.79 Å². The minimum absolute atomic E-state index is 0.124. The van der Waals surface area contributed by atoms with Crippen LogP contribution in [0, 0.1) is 6.92 Å². The second-order valence-corrected chi connectivity index (χ2v) is 4.45. The second-order valence-electron chi connectivity index (χ2n) is 4.45. The van der Waals surface area contributed by atoms with E-state index in [1.54, 1.807) is 6.07 Å². The van der Waals surface area contributed by atoms with Gasteiger partial charge < -0.3 is 14.6 Å². The minimum Gasteiger partial charge on any atom is -0.507 e. The average molecular weight is 272 g/mol. The van der Waals surface area contributed by atoms with E-state index in [2.05, 4.69) is 0 Å². The Morgan fingerprint density at radius 3 is 2.65 bits per heavy atom. The molecule has 0 unspecified atom stereocenters. The average Bonchev–Trinajstić information content (AvgIpc) is 2.44. The van der Waals surface area contributed by atoms with Crippen LogP contribution in [-0.4, -0.2) is 18.2 Å². The maximum absolute atomic E-state index is 11.9. The van der Waals surface area contributed by atoms with Gasteiger partial charge in [0.15, 0.2) is 0 Å². The van der Waals surface area contributed by atoms with Gasteiger partial charge in [-0.05, 0) is 24.6 Å². The van der Waals surface area contributed by atoms with Gasteiger partial charge in [-0.15, -0.1) is 0 Å². The highest BCUT2D eigenvalue weighted by Crippen LogP contribution is 2.24. The first kappa shape index (κ1) is 13.9. The van der Waals surface area contributed by atoms with Gasteiger partial charge in [0.05, 0.1) is 7.11 Å². The number of phenols is 1. The number of carbonyl (C=O) groups is 1. The van der Waals surface area contributed by atoms with Gasteiger partial charge in [-0.1, -0.05) is 29.8 Å². The Kier molecular flexibility index (Phi) is 4.25. The summed E-state index contributed by atoms with van der Waals surface area (Å²) in [7, 11) is 1.49. The third kappa shape index (κ3) is 3.29. The van der Waals surface area contributed by atoms with E-state index in [1.165, 1.54) is 19.2 Å². The topological polar surface area (TPSA) is 55.8 Å². The molecule has 0 amide bonds. The van der Waals surface area contributed by atoms with E-state index < -0.39 is 5.97 Å². The molecule has 0 aliphatic carbocycles. The predicted molar refractivity (Wildman–Crippen MR) is 75.0 cm³/mol. The summed E-state index contributed by atoms with van der Waals surface area (Å²) in [5, 5.41) is 9.75. The monoisotopic (exact) mass is 272 g/mol. The zero-order valence-corrected chi connectivity index (χ0v) is 11.4. The Bertz CT molecular complexity index is 620. The van der Waals surface area contributed by atoms with Crippen molar-refractivity contribution in [3.05, 3.63) is 59.2 Å². The quantitative estimate of drug-likeness (QED) is 0.869. The number of carbonyl (C=O) groups excluding carboxylic acids is 1. The van der Waals surface area contributed by atoms with E-state index in [1.807, 2.05) is 31.2 Å². The predicted octanol–water partition coefficient (Wildman–Crippen LogP) is 3.07. The van der Waals surface area contributed by atoms with Crippen LogP contribution >= 0.6 is 0 Å². The van der Waals surface area contributed by atoms with Crippen molar-refractivity contribution < 1.29 is 19.4 Å². The fourth-order valence-corrected chi connectivity index (χ4v) is 1.84. The summed E-state index contributed by atoms with van der Waals surface area (Å²) in [5.74, 6) is -0.233. The molecule has 0 saturated heterocycles. The van der Waals surface area contributed by atoms with Crippen molar-refractivity contribution in [2.45, 2.75) is 13.5 Å². The Labute approximate surface area is 117 Å². The van der Waals surface area contributed by atoms with Crippen LogP contribution in [0.25, 0.3) is 0 Å². The maximum Gasteiger partial charge on any atom is 0.342 e. The summed E-state index contributed by atoms with van der Waals surface area (Å²) in [6, 6.07) is 12.2. The number of aryl methyl sites for hydroxylation is 1. The lowest BCUT2D eigenvalue weighted by atomic mass is 10.1. The zero-order valence-electron chi connectivity index (χ0n) is 11.4. The molecule has 104 valence electrons. The molecule has 4 heteroatoms. The molecule has 0 radical (unpaired) electrons. The molecule has 1 N–H and O–H groups in total. The fraction of sp³-hybridized carbons (Fsp3) is 0.188. The minimum atomic E-state index is -0.563. The molecule has 0 heterocycles. The third-order valence-electron chi connectivity index (χ3n) is 2.88. The highest BCUT2D eigenvalue weighted by molar-refractivity contribution is 5.92. The molecule has 2 rings (SSSR count). The molecule has 0 aromatic heterocycles. The van der Waals surface area contributed by atoms with Gasteiger partial charge in [-0.2, -0.15) is 0 Å². The Balaban J connectivity index is 2.05. The summed E-state index contributed by atoms with van der Waals surface area (Å²) < 4.78 is 10.1. The van der Waals surface area contributed by atoms with Gasteiger partial charge in [0, 0.05) is 6.07 Å². The van der Waals surface area contributed by atoms with Crippen molar-refractivity contribution in [3.8, 4) is 11.5 Å². The lowest BCUT2D eigenvalue weighted by molar-refractivity contribution is 0.0469. The number of rotatable bonds is 4. The van der Waals surface area contributed by atoms with Crippen LogP contribution in [0.15, 0.2) is 42.5 Å². The summed E-state index contributed by atoms with van der Waals surface area (Å²) >= 11 is 0. The molecular weight excluding hydrogens is 256 g/mol. The van der Waals surface area contributed by atoms with Crippen molar-refractivity contribution >= 4 is 5.97 Å². The number of hydrogen-bond donors (Lipinski definition) is 1. The summed E-state index contributed by atoms with van der Waals surface area (Å²) in [6.07, 6.45) is 0. The van der Waals surface area contributed by atoms with Gasteiger partial charge in [-0.3, -0.25) is 0 Å². The van der Waals surface area contributed by atoms with E-state index >= 15 is 0 Å². The number of benzene rings is 2. The van der Waals surface area contributed by atoms with Gasteiger partial charge >= 0.3 is 5.97 Å². The van der Waals surface area contributed by atoms with Crippen LogP contribution in [0.1, 0.15) is 21.5 Å². The third-order valence-corrected chi connectivity index (χ3v) is 2.88. The Morgan fingerprint density at radius 2 is 2.00 bits per heavy atom. The van der Waals surface area contributed by atoms with Crippen LogP contribution < -0.4 is 4.74 Å². The highest BCUT2D eigenvalue weighted by atomic mass is 16.5. The second kappa shape index (κ2) is 6.10. The largest absolute Gasteiger partial charge is 0.507 e. The summed E-state index contributed by atoms with van der Waals surface area (Å²) in [4.78, 5) is 11.9. The molecule has 0 spiro atoms. The lowest BCUT2D eigenvalue weighted by Gasteiger charge is -2.08. The maximum atomic E-state index is 11.9. The van der Waals surface area contributed by atoms with Gasteiger partial charge in [0.25, 0.3) is 0 Å². The van der Waals surface area contributed by atoms with Crippen LogP contribution in [0.4, 0.5) is 0 Å². The van der Waals surface area contributed by atoms with E-state index in [0.717, 1.165) is 11.1 Å². The highest BCUT2D eigenvalue weighted by Gasteiger charge is 2.13. The molecule has 2 aromatic carbocycles. The van der Waals surface area contributed by atoms with E-state index in [-0.39, 0.29) is 17.9 Å². The molecule has 0 atom stereocenters. The van der Waals surface area contributed by atoms with E-state index in [9.17, 15) is 9.90 Å². The number of ether oxygens (including phenoxy) is 2. The van der Waals surface area contributed by atoms with Crippen LogP contribution in [0.5, 0.6) is 11.5 Å². The molecule has 0 saturated carbocycles. The van der Waals surface area contributed by atoms with Gasteiger partial charge in [0.2, 0.25) is 0 Å². The molecule has 0 aliphatic heterocycles. The standard InChI is InChI=1S/C16H16O4/c1-11-4-3-5-12(8-11)10-20-16(18)14-7-6-13(19-2)9-15(14)17/h3-9,17H,10H2,1-2H3. The lowest BCUT2D eigenvalue weighted by Crippen LogP contribution is -2.05. The molecule has 0 fully saturated rings. The smallest absolute Gasteiger partial charge is 0.342 e. The number of phenolic OH excluding ortho intramolecular Hbond substituents is 1. The van der Waals surface area contributed by atoms with Crippen LogP contribution in [0.3, 0.4) is 0 Å². The first-order valence-corrected chi connectivity index (χ1v) is 6.20. The molecule has 0 bridgehead atoms. The van der Waals surface area contributed by atoms with Crippen molar-refractivity contribution in [1.29, 1.82) is 0 Å². The molecule has 0 aliphatic rings. The summed E-state index contributed by atoms with van der Waals surface area (Å²) in [6.45, 7) is 2.15. The number of esters is 1. The van der Waals surface area contributed by atoms with Crippen LogP contribution in [0.2, 0.25) is 0 Å². The molecule has 2 aromatic rings. The zero-order chi connectivity index (χ0) is 14.5. The normalized spacial score (nSPS) is 10.1. The van der Waals surface area contributed by atoms with Crippen molar-refractivity contribution in [1.82, 2.24) is 0 Å². The SMILES string of the molecule is COc1ccc(C(=O)OCc2cccc(C)c2)c(O)c1. The Hall–Kier alpha value is -2.49. The number of hydrogen-bond acceptors (Lipinski definition) is 4. The molecular formula is C16H16O4. The van der Waals surface area contributed by atoms with Gasteiger partial charge in [0.1, 0.15) is 23.7 Å². The van der Waals surface area contributed by atoms with E-state index in [0.29, 0.717) is 5.75 Å². The first-order valence-electron chi connectivity index (χ1n) is 6.20. The van der Waals surface area contributed by atoms with Crippen molar-refractivity contribution in [2.75, 3.05) is 7.11 Å². The van der Waals surface area contributed by atoms with Crippen molar-refractivity contribution in [3.63, 3.8) is 0 Å².